The van der Waals surface area contributed by atoms with Crippen LogP contribution in [0.5, 0.6) is 11.5 Å². The average Bonchev–Trinajstić information content (AvgIpc) is 2.45. The minimum absolute atomic E-state index is 0.169. The minimum Gasteiger partial charge on any atom is -0.497 e. The van der Waals surface area contributed by atoms with Crippen molar-refractivity contribution in [1.29, 1.82) is 0 Å². The number of ether oxygens (including phenoxy) is 2. The van der Waals surface area contributed by atoms with Crippen molar-refractivity contribution in [3.05, 3.63) is 24.3 Å². The largest absolute Gasteiger partial charge is 0.497 e. The SMILES string of the molecule is CCCN(CCOc1ccc(OC)cc1)CCC(=O)O. The highest BCUT2D eigenvalue weighted by molar-refractivity contribution is 5.66. The molecule has 5 heteroatoms. The number of carboxylic acid groups (broad SMARTS) is 1. The summed E-state index contributed by atoms with van der Waals surface area (Å²) in [5.41, 5.74) is 0. The maximum Gasteiger partial charge on any atom is 0.304 e. The van der Waals surface area contributed by atoms with Crippen molar-refractivity contribution >= 4 is 5.97 Å². The molecule has 0 fully saturated rings. The lowest BCUT2D eigenvalue weighted by atomic mass is 10.3. The number of methoxy groups -OCH3 is 1. The summed E-state index contributed by atoms with van der Waals surface area (Å²) >= 11 is 0. The van der Waals surface area contributed by atoms with E-state index in [0.717, 1.165) is 31.0 Å². The number of nitrogens with zero attached hydrogens (tertiary/aromatic N) is 1. The molecule has 112 valence electrons. The van der Waals surface area contributed by atoms with Gasteiger partial charge in [-0.3, -0.25) is 9.69 Å². The summed E-state index contributed by atoms with van der Waals surface area (Å²) in [6.07, 6.45) is 1.17. The highest BCUT2D eigenvalue weighted by atomic mass is 16.5. The van der Waals surface area contributed by atoms with Crippen LogP contribution < -0.4 is 9.47 Å². The first kappa shape index (κ1) is 16.3. The van der Waals surface area contributed by atoms with Crippen molar-refractivity contribution in [2.24, 2.45) is 0 Å². The van der Waals surface area contributed by atoms with Gasteiger partial charge < -0.3 is 14.6 Å². The van der Waals surface area contributed by atoms with Gasteiger partial charge >= 0.3 is 5.97 Å². The second-order valence-electron chi connectivity index (χ2n) is 4.51. The Morgan fingerprint density at radius 3 is 2.35 bits per heavy atom. The number of benzene rings is 1. The molecule has 1 aromatic carbocycles. The van der Waals surface area contributed by atoms with Crippen LogP contribution in [0.1, 0.15) is 19.8 Å². The summed E-state index contributed by atoms with van der Waals surface area (Å²) in [7, 11) is 1.63. The normalized spacial score (nSPS) is 10.6. The number of aliphatic carboxylic acids is 1. The fourth-order valence-corrected chi connectivity index (χ4v) is 1.87. The van der Waals surface area contributed by atoms with Crippen molar-refractivity contribution in [3.63, 3.8) is 0 Å². The highest BCUT2D eigenvalue weighted by Crippen LogP contribution is 2.16. The molecule has 0 heterocycles. The summed E-state index contributed by atoms with van der Waals surface area (Å²) in [4.78, 5) is 12.7. The average molecular weight is 281 g/mol. The molecule has 5 nitrogen and oxygen atoms in total. The lowest BCUT2D eigenvalue weighted by Gasteiger charge is -2.20. The van der Waals surface area contributed by atoms with Crippen LogP contribution in [0.2, 0.25) is 0 Å². The van der Waals surface area contributed by atoms with Crippen molar-refractivity contribution in [1.82, 2.24) is 4.90 Å². The molecule has 0 amide bonds. The Bertz CT molecular complexity index is 391. The molecule has 1 rings (SSSR count). The zero-order chi connectivity index (χ0) is 14.8. The third-order valence-electron chi connectivity index (χ3n) is 2.92. The van der Waals surface area contributed by atoms with E-state index in [1.54, 1.807) is 7.11 Å². The predicted octanol–water partition coefficient (Wildman–Crippen LogP) is 2.26. The monoisotopic (exact) mass is 281 g/mol. The van der Waals surface area contributed by atoms with E-state index in [-0.39, 0.29) is 6.42 Å². The van der Waals surface area contributed by atoms with E-state index < -0.39 is 5.97 Å². The number of hydrogen-bond acceptors (Lipinski definition) is 4. The molecule has 0 aromatic heterocycles. The molecular weight excluding hydrogens is 258 g/mol. The molecule has 0 saturated carbocycles. The van der Waals surface area contributed by atoms with Gasteiger partial charge in [-0.2, -0.15) is 0 Å². The van der Waals surface area contributed by atoms with Crippen molar-refractivity contribution in [2.75, 3.05) is 33.4 Å². The van der Waals surface area contributed by atoms with Crippen molar-refractivity contribution < 1.29 is 19.4 Å². The molecule has 0 bridgehead atoms. The first-order valence-corrected chi connectivity index (χ1v) is 6.86. The van der Waals surface area contributed by atoms with E-state index in [2.05, 4.69) is 11.8 Å². The number of carboxylic acids is 1. The van der Waals surface area contributed by atoms with Crippen LogP contribution in [0.4, 0.5) is 0 Å². The molecule has 0 saturated heterocycles. The summed E-state index contributed by atoms with van der Waals surface area (Å²) in [5, 5.41) is 8.71. The van der Waals surface area contributed by atoms with Gasteiger partial charge in [0.05, 0.1) is 13.5 Å². The maximum atomic E-state index is 10.6. The van der Waals surface area contributed by atoms with Crippen LogP contribution in [0.25, 0.3) is 0 Å². The predicted molar refractivity (Wildman–Crippen MR) is 77.5 cm³/mol. The minimum atomic E-state index is -0.762. The van der Waals surface area contributed by atoms with E-state index in [1.807, 2.05) is 24.3 Å². The molecule has 0 spiro atoms. The van der Waals surface area contributed by atoms with Gasteiger partial charge in [0.25, 0.3) is 0 Å². The van der Waals surface area contributed by atoms with Crippen LogP contribution in [0, 0.1) is 0 Å². The Balaban J connectivity index is 2.32. The van der Waals surface area contributed by atoms with Gasteiger partial charge in [0, 0.05) is 13.1 Å². The summed E-state index contributed by atoms with van der Waals surface area (Å²) < 4.78 is 10.7. The van der Waals surface area contributed by atoms with Crippen molar-refractivity contribution in [2.45, 2.75) is 19.8 Å². The van der Waals surface area contributed by atoms with Gasteiger partial charge in [-0.25, -0.2) is 0 Å². The Morgan fingerprint density at radius 1 is 1.15 bits per heavy atom. The first-order chi connectivity index (χ1) is 9.65. The molecule has 0 unspecified atom stereocenters. The van der Waals surface area contributed by atoms with Gasteiger partial charge in [0.2, 0.25) is 0 Å². The zero-order valence-corrected chi connectivity index (χ0v) is 12.2. The second kappa shape index (κ2) is 9.20. The Kier molecular flexibility index (Phi) is 7.50. The first-order valence-electron chi connectivity index (χ1n) is 6.86. The summed E-state index contributed by atoms with van der Waals surface area (Å²) in [6, 6.07) is 7.42. The number of hydrogen-bond donors (Lipinski definition) is 1. The molecule has 0 atom stereocenters. The topological polar surface area (TPSA) is 59.0 Å². The summed E-state index contributed by atoms with van der Waals surface area (Å²) in [5.74, 6) is 0.828. The lowest BCUT2D eigenvalue weighted by molar-refractivity contribution is -0.137. The third-order valence-corrected chi connectivity index (χ3v) is 2.92. The van der Waals surface area contributed by atoms with E-state index >= 15 is 0 Å². The van der Waals surface area contributed by atoms with E-state index in [4.69, 9.17) is 14.6 Å². The number of rotatable bonds is 10. The lowest BCUT2D eigenvalue weighted by Crippen LogP contribution is -2.31. The van der Waals surface area contributed by atoms with Gasteiger partial charge in [-0.1, -0.05) is 6.92 Å². The molecule has 0 aliphatic heterocycles. The molecule has 20 heavy (non-hydrogen) atoms. The summed E-state index contributed by atoms with van der Waals surface area (Å²) in [6.45, 7) is 4.81. The maximum absolute atomic E-state index is 10.6. The van der Waals surface area contributed by atoms with Crippen molar-refractivity contribution in [3.8, 4) is 11.5 Å². The van der Waals surface area contributed by atoms with Crippen LogP contribution >= 0.6 is 0 Å². The molecule has 0 radical (unpaired) electrons. The van der Waals surface area contributed by atoms with Crippen LogP contribution in [0.3, 0.4) is 0 Å². The van der Waals surface area contributed by atoms with Crippen LogP contribution in [0.15, 0.2) is 24.3 Å². The third kappa shape index (κ3) is 6.43. The Morgan fingerprint density at radius 2 is 1.80 bits per heavy atom. The highest BCUT2D eigenvalue weighted by Gasteiger charge is 2.06. The fourth-order valence-electron chi connectivity index (χ4n) is 1.87. The van der Waals surface area contributed by atoms with Crippen LogP contribution in [-0.2, 0) is 4.79 Å². The molecule has 1 aromatic rings. The Hall–Kier alpha value is -1.75. The quantitative estimate of drug-likeness (QED) is 0.713. The molecule has 0 aliphatic carbocycles. The van der Waals surface area contributed by atoms with Crippen LogP contribution in [-0.4, -0.2) is 49.3 Å². The van der Waals surface area contributed by atoms with Gasteiger partial charge in [0.15, 0.2) is 0 Å². The second-order valence-corrected chi connectivity index (χ2v) is 4.51. The standard InChI is InChI=1S/C15H23NO4/c1-3-9-16(10-8-15(17)18)11-12-20-14-6-4-13(19-2)5-7-14/h4-7H,3,8-12H2,1-2H3,(H,17,18). The van der Waals surface area contributed by atoms with E-state index in [0.29, 0.717) is 13.2 Å². The Labute approximate surface area is 120 Å². The van der Waals surface area contributed by atoms with Gasteiger partial charge in [-0.15, -0.1) is 0 Å². The van der Waals surface area contributed by atoms with E-state index in [1.165, 1.54) is 0 Å². The molecular formula is C15H23NO4. The molecule has 0 aliphatic rings. The molecule has 1 N–H and O–H groups in total. The van der Waals surface area contributed by atoms with Gasteiger partial charge in [0.1, 0.15) is 18.1 Å². The number of carbonyl (C=O) groups is 1. The zero-order valence-electron chi connectivity index (χ0n) is 12.2. The van der Waals surface area contributed by atoms with Gasteiger partial charge in [-0.05, 0) is 37.2 Å². The smallest absolute Gasteiger partial charge is 0.304 e. The fraction of sp³-hybridized carbons (Fsp3) is 0.533. The van der Waals surface area contributed by atoms with E-state index in [9.17, 15) is 4.79 Å².